The van der Waals surface area contributed by atoms with Gasteiger partial charge in [0.1, 0.15) is 10.7 Å². The Kier molecular flexibility index (Phi) is 5.19. The molecule has 128 valence electrons. The Balaban J connectivity index is 1.67. The molecule has 6 nitrogen and oxygen atoms in total. The third-order valence-corrected chi connectivity index (χ3v) is 6.25. The van der Waals surface area contributed by atoms with Crippen molar-refractivity contribution < 1.29 is 19.4 Å². The fourth-order valence-electron chi connectivity index (χ4n) is 2.49. The van der Waals surface area contributed by atoms with Crippen LogP contribution in [0.5, 0.6) is 0 Å². The van der Waals surface area contributed by atoms with Crippen LogP contribution in [-0.2, 0) is 9.53 Å². The molecule has 0 aliphatic carbocycles. The van der Waals surface area contributed by atoms with E-state index in [0.29, 0.717) is 30.4 Å². The number of halogens is 1. The summed E-state index contributed by atoms with van der Waals surface area (Å²) in [5.41, 5.74) is -0.680. The highest BCUT2D eigenvalue weighted by Crippen LogP contribution is 2.33. The molecular formula is C15H15ClN2O4S2. The summed E-state index contributed by atoms with van der Waals surface area (Å²) in [7, 11) is 0. The van der Waals surface area contributed by atoms with Gasteiger partial charge in [-0.2, -0.15) is 0 Å². The average Bonchev–Trinajstić information content (AvgIpc) is 3.22. The van der Waals surface area contributed by atoms with E-state index >= 15 is 0 Å². The van der Waals surface area contributed by atoms with Crippen molar-refractivity contribution in [1.82, 2.24) is 10.3 Å². The van der Waals surface area contributed by atoms with Crippen LogP contribution in [-0.4, -0.2) is 41.7 Å². The molecule has 1 aliphatic rings. The number of aliphatic carboxylic acids is 1. The first-order valence-corrected chi connectivity index (χ1v) is 9.38. The van der Waals surface area contributed by atoms with Crippen molar-refractivity contribution in [2.24, 2.45) is 5.41 Å². The molecule has 1 aliphatic heterocycles. The molecule has 3 heterocycles. The van der Waals surface area contributed by atoms with E-state index in [1.807, 2.05) is 6.07 Å². The number of thiophene rings is 1. The van der Waals surface area contributed by atoms with Crippen LogP contribution in [0.4, 0.5) is 0 Å². The molecule has 3 rings (SSSR count). The van der Waals surface area contributed by atoms with E-state index in [4.69, 9.17) is 16.3 Å². The maximum Gasteiger partial charge on any atom is 0.311 e. The quantitative estimate of drug-likeness (QED) is 0.824. The van der Waals surface area contributed by atoms with Gasteiger partial charge in [0.05, 0.1) is 14.6 Å². The van der Waals surface area contributed by atoms with Crippen molar-refractivity contribution >= 4 is 46.2 Å². The minimum atomic E-state index is -0.964. The number of carbonyl (C=O) groups excluding carboxylic acids is 1. The molecule has 0 radical (unpaired) electrons. The lowest BCUT2D eigenvalue weighted by Gasteiger charge is -2.32. The van der Waals surface area contributed by atoms with Gasteiger partial charge >= 0.3 is 5.97 Å². The maximum absolute atomic E-state index is 12.3. The highest BCUT2D eigenvalue weighted by Gasteiger charge is 2.40. The highest BCUT2D eigenvalue weighted by molar-refractivity contribution is 7.23. The molecule has 1 saturated heterocycles. The van der Waals surface area contributed by atoms with Crippen LogP contribution in [0.25, 0.3) is 9.88 Å². The van der Waals surface area contributed by atoms with Crippen LogP contribution in [0.2, 0.25) is 4.34 Å². The van der Waals surface area contributed by atoms with Gasteiger partial charge in [-0.3, -0.25) is 9.59 Å². The predicted octanol–water partition coefficient (Wildman–Crippen LogP) is 3.14. The van der Waals surface area contributed by atoms with Gasteiger partial charge in [-0.05, 0) is 25.0 Å². The van der Waals surface area contributed by atoms with Gasteiger partial charge in [-0.1, -0.05) is 11.6 Å². The number of rotatable bonds is 5. The van der Waals surface area contributed by atoms with Crippen molar-refractivity contribution in [2.75, 3.05) is 19.8 Å². The summed E-state index contributed by atoms with van der Waals surface area (Å²) in [6, 6.07) is 3.64. The van der Waals surface area contributed by atoms with Gasteiger partial charge in [0.25, 0.3) is 5.91 Å². The van der Waals surface area contributed by atoms with E-state index in [2.05, 4.69) is 10.3 Å². The van der Waals surface area contributed by atoms with E-state index in [1.54, 1.807) is 11.4 Å². The van der Waals surface area contributed by atoms with E-state index in [0.717, 1.165) is 9.88 Å². The van der Waals surface area contributed by atoms with Gasteiger partial charge < -0.3 is 15.2 Å². The lowest BCUT2D eigenvalue weighted by molar-refractivity contribution is -0.154. The largest absolute Gasteiger partial charge is 0.481 e. The SMILES string of the molecule is O=C(NCC1(C(=O)O)CCOCC1)c1csc(-c2ccc(Cl)s2)n1. The summed E-state index contributed by atoms with van der Waals surface area (Å²) >= 11 is 8.66. The van der Waals surface area contributed by atoms with E-state index in [1.165, 1.54) is 22.7 Å². The standard InChI is InChI=1S/C15H15ClN2O4S2/c16-11-2-1-10(24-11)13-18-9(7-23-13)12(19)17-8-15(14(20)21)3-5-22-6-4-15/h1-2,7H,3-6,8H2,(H,17,19)(H,20,21). The Morgan fingerprint density at radius 3 is 2.75 bits per heavy atom. The molecule has 2 N–H and O–H groups in total. The van der Waals surface area contributed by atoms with Crippen LogP contribution in [0, 0.1) is 5.41 Å². The van der Waals surface area contributed by atoms with Gasteiger partial charge in [0.15, 0.2) is 0 Å². The number of aromatic nitrogens is 1. The second-order valence-corrected chi connectivity index (χ2v) is 8.10. The van der Waals surface area contributed by atoms with E-state index in [9.17, 15) is 14.7 Å². The Morgan fingerprint density at radius 1 is 1.38 bits per heavy atom. The molecular weight excluding hydrogens is 372 g/mol. The average molecular weight is 387 g/mol. The van der Waals surface area contributed by atoms with Crippen molar-refractivity contribution in [3.8, 4) is 9.88 Å². The van der Waals surface area contributed by atoms with Crippen molar-refractivity contribution in [2.45, 2.75) is 12.8 Å². The Labute approximate surface area is 151 Å². The maximum atomic E-state index is 12.3. The summed E-state index contributed by atoms with van der Waals surface area (Å²) in [6.45, 7) is 0.854. The van der Waals surface area contributed by atoms with Crippen LogP contribution in [0.1, 0.15) is 23.3 Å². The fourth-order valence-corrected chi connectivity index (χ4v) is 4.40. The van der Waals surface area contributed by atoms with Gasteiger partial charge in [-0.25, -0.2) is 4.98 Å². The molecule has 0 saturated carbocycles. The number of nitrogens with one attached hydrogen (secondary N) is 1. The normalized spacial score (nSPS) is 16.7. The Morgan fingerprint density at radius 2 is 2.12 bits per heavy atom. The van der Waals surface area contributed by atoms with Crippen molar-refractivity contribution in [3.63, 3.8) is 0 Å². The summed E-state index contributed by atoms with van der Waals surface area (Å²) in [5.74, 6) is -1.27. The summed E-state index contributed by atoms with van der Waals surface area (Å²) < 4.78 is 5.89. The monoisotopic (exact) mass is 386 g/mol. The molecule has 0 unspecified atom stereocenters. The number of carboxylic acid groups (broad SMARTS) is 1. The molecule has 1 amide bonds. The van der Waals surface area contributed by atoms with Crippen LogP contribution < -0.4 is 5.32 Å². The number of hydrogen-bond acceptors (Lipinski definition) is 6. The summed E-state index contributed by atoms with van der Waals surface area (Å²) in [6.07, 6.45) is 0.775. The second-order valence-electron chi connectivity index (χ2n) is 5.52. The lowest BCUT2D eigenvalue weighted by Crippen LogP contribution is -2.46. The molecule has 0 bridgehead atoms. The van der Waals surface area contributed by atoms with E-state index in [-0.39, 0.29) is 18.1 Å². The summed E-state index contributed by atoms with van der Waals surface area (Å²) in [4.78, 5) is 29.1. The van der Waals surface area contributed by atoms with Gasteiger partial charge in [-0.15, -0.1) is 22.7 Å². The summed E-state index contributed by atoms with van der Waals surface area (Å²) in [5, 5.41) is 14.6. The number of carboxylic acids is 1. The minimum Gasteiger partial charge on any atom is -0.481 e. The number of carbonyl (C=O) groups is 2. The topological polar surface area (TPSA) is 88.5 Å². The minimum absolute atomic E-state index is 0.0716. The molecule has 0 aromatic carbocycles. The smallest absolute Gasteiger partial charge is 0.311 e. The predicted molar refractivity (Wildman–Crippen MR) is 92.9 cm³/mol. The number of amides is 1. The number of ether oxygens (including phenoxy) is 1. The first-order valence-electron chi connectivity index (χ1n) is 7.31. The zero-order valence-corrected chi connectivity index (χ0v) is 15.0. The number of thiazole rings is 1. The van der Waals surface area contributed by atoms with Crippen molar-refractivity contribution in [3.05, 3.63) is 27.5 Å². The zero-order chi connectivity index (χ0) is 17.2. The van der Waals surface area contributed by atoms with Crippen LogP contribution >= 0.6 is 34.3 Å². The van der Waals surface area contributed by atoms with Crippen LogP contribution in [0.15, 0.2) is 17.5 Å². The first-order chi connectivity index (χ1) is 11.5. The molecule has 2 aromatic rings. The zero-order valence-electron chi connectivity index (χ0n) is 12.6. The molecule has 1 fully saturated rings. The Bertz CT molecular complexity index is 752. The lowest BCUT2D eigenvalue weighted by atomic mass is 9.80. The molecule has 2 aromatic heterocycles. The van der Waals surface area contributed by atoms with Crippen LogP contribution in [0.3, 0.4) is 0 Å². The number of nitrogens with zero attached hydrogens (tertiary/aromatic N) is 1. The van der Waals surface area contributed by atoms with Crippen molar-refractivity contribution in [1.29, 1.82) is 0 Å². The molecule has 9 heteroatoms. The molecule has 0 spiro atoms. The highest BCUT2D eigenvalue weighted by atomic mass is 35.5. The van der Waals surface area contributed by atoms with Gasteiger partial charge in [0, 0.05) is 25.1 Å². The van der Waals surface area contributed by atoms with E-state index < -0.39 is 11.4 Å². The number of hydrogen-bond donors (Lipinski definition) is 2. The molecule has 24 heavy (non-hydrogen) atoms. The fraction of sp³-hybridized carbons (Fsp3) is 0.400. The second kappa shape index (κ2) is 7.18. The molecule has 0 atom stereocenters. The Hall–Kier alpha value is -1.48. The van der Waals surface area contributed by atoms with Gasteiger partial charge in [0.2, 0.25) is 0 Å². The first kappa shape index (κ1) is 17.3. The third kappa shape index (κ3) is 3.61. The third-order valence-electron chi connectivity index (χ3n) is 4.01.